The molecule has 1 unspecified atom stereocenters. The van der Waals surface area contributed by atoms with E-state index in [4.69, 9.17) is 5.11 Å². The topological polar surface area (TPSA) is 83.4 Å². The van der Waals surface area contributed by atoms with Gasteiger partial charge in [-0.2, -0.15) is 0 Å². The van der Waals surface area contributed by atoms with Gasteiger partial charge in [-0.15, -0.1) is 0 Å². The fraction of sp³-hybridized carbons (Fsp3) is 0.286. The molecule has 1 aromatic heterocycles. The van der Waals surface area contributed by atoms with Gasteiger partial charge in [0.15, 0.2) is 0 Å². The van der Waals surface area contributed by atoms with Crippen LogP contribution in [0.15, 0.2) is 30.5 Å². The van der Waals surface area contributed by atoms with Crippen LogP contribution < -0.4 is 10.6 Å². The van der Waals surface area contributed by atoms with E-state index in [1.165, 1.54) is 0 Å². The molecule has 0 bridgehead atoms. The SMILES string of the molecule is CC(CO)NC(=O)C(=O)Nc1ccc2ccn(C)c2c1. The Morgan fingerprint density at radius 3 is 2.75 bits per heavy atom. The van der Waals surface area contributed by atoms with Crippen LogP contribution in [0, 0.1) is 0 Å². The van der Waals surface area contributed by atoms with Crippen molar-refractivity contribution in [3.63, 3.8) is 0 Å². The zero-order valence-corrected chi connectivity index (χ0v) is 11.4. The van der Waals surface area contributed by atoms with Crippen molar-refractivity contribution in [3.8, 4) is 0 Å². The third kappa shape index (κ3) is 2.97. The number of aliphatic hydroxyl groups is 1. The van der Waals surface area contributed by atoms with Crippen molar-refractivity contribution >= 4 is 28.4 Å². The molecule has 2 amide bonds. The van der Waals surface area contributed by atoms with Crippen LogP contribution in [0.3, 0.4) is 0 Å². The average molecular weight is 275 g/mol. The molecule has 1 aromatic carbocycles. The van der Waals surface area contributed by atoms with E-state index >= 15 is 0 Å². The van der Waals surface area contributed by atoms with E-state index in [1.807, 2.05) is 29.9 Å². The maximum Gasteiger partial charge on any atom is 0.313 e. The van der Waals surface area contributed by atoms with E-state index in [9.17, 15) is 9.59 Å². The van der Waals surface area contributed by atoms with Gasteiger partial charge < -0.3 is 20.3 Å². The lowest BCUT2D eigenvalue weighted by atomic mass is 10.2. The number of carbonyl (C=O) groups excluding carboxylic acids is 2. The molecule has 3 N–H and O–H groups in total. The number of aliphatic hydroxyl groups excluding tert-OH is 1. The molecule has 0 saturated heterocycles. The van der Waals surface area contributed by atoms with Gasteiger partial charge in [0.2, 0.25) is 0 Å². The lowest BCUT2D eigenvalue weighted by Crippen LogP contribution is -2.42. The molecule has 2 aromatic rings. The normalized spacial score (nSPS) is 12.2. The van der Waals surface area contributed by atoms with Crippen LogP contribution in [-0.4, -0.2) is 34.1 Å². The maximum absolute atomic E-state index is 11.7. The number of aryl methyl sites for hydroxylation is 1. The predicted molar refractivity (Wildman–Crippen MR) is 76.2 cm³/mol. The number of aromatic nitrogens is 1. The van der Waals surface area contributed by atoms with E-state index < -0.39 is 17.9 Å². The van der Waals surface area contributed by atoms with E-state index in [0.717, 1.165) is 10.9 Å². The maximum atomic E-state index is 11.7. The lowest BCUT2D eigenvalue weighted by molar-refractivity contribution is -0.136. The minimum Gasteiger partial charge on any atom is -0.394 e. The van der Waals surface area contributed by atoms with Gasteiger partial charge in [-0.05, 0) is 30.5 Å². The van der Waals surface area contributed by atoms with Crippen LogP contribution in [0.1, 0.15) is 6.92 Å². The first-order valence-corrected chi connectivity index (χ1v) is 6.29. The highest BCUT2D eigenvalue weighted by atomic mass is 16.3. The highest BCUT2D eigenvalue weighted by Crippen LogP contribution is 2.19. The molecule has 0 fully saturated rings. The molecule has 20 heavy (non-hydrogen) atoms. The van der Waals surface area contributed by atoms with Crippen LogP contribution >= 0.6 is 0 Å². The van der Waals surface area contributed by atoms with Crippen molar-refractivity contribution in [1.29, 1.82) is 0 Å². The molecule has 1 atom stereocenters. The Morgan fingerprint density at radius 1 is 1.30 bits per heavy atom. The van der Waals surface area contributed by atoms with Gasteiger partial charge in [-0.3, -0.25) is 9.59 Å². The summed E-state index contributed by atoms with van der Waals surface area (Å²) >= 11 is 0. The molecule has 0 aliphatic heterocycles. The van der Waals surface area contributed by atoms with Crippen molar-refractivity contribution in [3.05, 3.63) is 30.5 Å². The number of carbonyl (C=O) groups is 2. The number of benzene rings is 1. The second-order valence-corrected chi connectivity index (χ2v) is 4.71. The second kappa shape index (κ2) is 5.75. The van der Waals surface area contributed by atoms with Crippen LogP contribution in [-0.2, 0) is 16.6 Å². The number of fused-ring (bicyclic) bond motifs is 1. The van der Waals surface area contributed by atoms with Crippen molar-refractivity contribution in [2.75, 3.05) is 11.9 Å². The molecule has 2 rings (SSSR count). The summed E-state index contributed by atoms with van der Waals surface area (Å²) in [5.41, 5.74) is 1.52. The van der Waals surface area contributed by atoms with Crippen LogP contribution in [0.25, 0.3) is 10.9 Å². The number of nitrogens with zero attached hydrogens (tertiary/aromatic N) is 1. The van der Waals surface area contributed by atoms with Crippen LogP contribution in [0.4, 0.5) is 5.69 Å². The van der Waals surface area contributed by atoms with Gasteiger partial charge in [-0.25, -0.2) is 0 Å². The highest BCUT2D eigenvalue weighted by molar-refractivity contribution is 6.39. The largest absolute Gasteiger partial charge is 0.394 e. The molecule has 0 aliphatic rings. The van der Waals surface area contributed by atoms with Crippen molar-refractivity contribution in [1.82, 2.24) is 9.88 Å². The molecule has 0 aliphatic carbocycles. The summed E-state index contributed by atoms with van der Waals surface area (Å²) in [4.78, 5) is 23.3. The first-order chi connectivity index (χ1) is 9.51. The molecule has 1 heterocycles. The Bertz CT molecular complexity index is 648. The number of rotatable bonds is 3. The average Bonchev–Trinajstić information content (AvgIpc) is 2.80. The van der Waals surface area contributed by atoms with E-state index in [0.29, 0.717) is 5.69 Å². The zero-order valence-electron chi connectivity index (χ0n) is 11.4. The van der Waals surface area contributed by atoms with Gasteiger partial charge in [0, 0.05) is 30.5 Å². The Kier molecular flexibility index (Phi) is 4.05. The fourth-order valence-corrected chi connectivity index (χ4v) is 1.86. The first kappa shape index (κ1) is 14.1. The lowest BCUT2D eigenvalue weighted by Gasteiger charge is -2.10. The monoisotopic (exact) mass is 275 g/mol. The summed E-state index contributed by atoms with van der Waals surface area (Å²) in [6.07, 6.45) is 1.92. The molecular weight excluding hydrogens is 258 g/mol. The van der Waals surface area contributed by atoms with Crippen LogP contribution in [0.2, 0.25) is 0 Å². The number of anilines is 1. The standard InChI is InChI=1S/C14H17N3O3/c1-9(8-18)15-13(19)14(20)16-11-4-3-10-5-6-17(2)12(10)7-11/h3-7,9,18H,8H2,1-2H3,(H,15,19)(H,16,20). The van der Waals surface area contributed by atoms with Crippen molar-refractivity contribution in [2.24, 2.45) is 7.05 Å². The summed E-state index contributed by atoms with van der Waals surface area (Å²) in [5, 5.41) is 14.8. The molecule has 0 saturated carbocycles. The third-order valence-electron chi connectivity index (χ3n) is 3.00. The summed E-state index contributed by atoms with van der Waals surface area (Å²) in [7, 11) is 1.91. The molecular formula is C14H17N3O3. The summed E-state index contributed by atoms with van der Waals surface area (Å²) in [6, 6.07) is 6.93. The van der Waals surface area contributed by atoms with E-state index in [-0.39, 0.29) is 6.61 Å². The van der Waals surface area contributed by atoms with Gasteiger partial charge in [0.1, 0.15) is 0 Å². The summed E-state index contributed by atoms with van der Waals surface area (Å²) < 4.78 is 1.93. The number of hydrogen-bond donors (Lipinski definition) is 3. The summed E-state index contributed by atoms with van der Waals surface area (Å²) in [5.74, 6) is -1.52. The third-order valence-corrected chi connectivity index (χ3v) is 3.00. The number of nitrogens with one attached hydrogen (secondary N) is 2. The first-order valence-electron chi connectivity index (χ1n) is 6.29. The quantitative estimate of drug-likeness (QED) is 0.718. The Labute approximate surface area is 116 Å². The predicted octanol–water partition coefficient (Wildman–Crippen LogP) is 0.614. The Morgan fingerprint density at radius 2 is 2.05 bits per heavy atom. The van der Waals surface area contributed by atoms with Crippen molar-refractivity contribution in [2.45, 2.75) is 13.0 Å². The van der Waals surface area contributed by atoms with Crippen molar-refractivity contribution < 1.29 is 14.7 Å². The Balaban J connectivity index is 2.09. The smallest absolute Gasteiger partial charge is 0.313 e. The molecule has 6 nitrogen and oxygen atoms in total. The molecule has 6 heteroatoms. The van der Waals surface area contributed by atoms with Gasteiger partial charge >= 0.3 is 11.8 Å². The van der Waals surface area contributed by atoms with E-state index in [1.54, 1.807) is 19.1 Å². The Hall–Kier alpha value is -2.34. The zero-order chi connectivity index (χ0) is 14.7. The highest BCUT2D eigenvalue weighted by Gasteiger charge is 2.16. The van der Waals surface area contributed by atoms with E-state index in [2.05, 4.69) is 10.6 Å². The second-order valence-electron chi connectivity index (χ2n) is 4.71. The molecule has 0 spiro atoms. The van der Waals surface area contributed by atoms with Gasteiger partial charge in [-0.1, -0.05) is 6.07 Å². The number of hydrogen-bond acceptors (Lipinski definition) is 3. The van der Waals surface area contributed by atoms with Gasteiger partial charge in [0.25, 0.3) is 0 Å². The fourth-order valence-electron chi connectivity index (χ4n) is 1.86. The molecule has 0 radical (unpaired) electrons. The minimum atomic E-state index is -0.765. The van der Waals surface area contributed by atoms with Gasteiger partial charge in [0.05, 0.1) is 6.61 Å². The van der Waals surface area contributed by atoms with Crippen LogP contribution in [0.5, 0.6) is 0 Å². The molecule has 106 valence electrons. The number of amides is 2. The summed E-state index contributed by atoms with van der Waals surface area (Å²) in [6.45, 7) is 1.40. The minimum absolute atomic E-state index is 0.214.